The summed E-state index contributed by atoms with van der Waals surface area (Å²) in [5, 5.41) is 9.58. The van der Waals surface area contributed by atoms with Crippen molar-refractivity contribution in [3.8, 4) is 0 Å². The fourth-order valence-corrected chi connectivity index (χ4v) is 1.73. The van der Waals surface area contributed by atoms with Gasteiger partial charge in [0.1, 0.15) is 0 Å². The molecular weight excluding hydrogens is 265 g/mol. The molecule has 5 nitrogen and oxygen atoms in total. The topological polar surface area (TPSA) is 60.9 Å². The van der Waals surface area contributed by atoms with Crippen LogP contribution in [0.25, 0.3) is 0 Å². The molecule has 2 rings (SSSR count). The van der Waals surface area contributed by atoms with Crippen molar-refractivity contribution in [2.45, 2.75) is 12.4 Å². The van der Waals surface area contributed by atoms with Crippen molar-refractivity contribution in [3.63, 3.8) is 0 Å². The quantitative estimate of drug-likeness (QED) is 0.788. The average molecular weight is 274 g/mol. The molecule has 0 aromatic heterocycles. The van der Waals surface area contributed by atoms with Gasteiger partial charge < -0.3 is 5.11 Å². The van der Waals surface area contributed by atoms with Crippen LogP contribution in [0.15, 0.2) is 24.3 Å². The number of likely N-dealkylation sites (N-methyl/N-ethyl adjacent to an activating group) is 1. The van der Waals surface area contributed by atoms with E-state index in [1.54, 1.807) is 0 Å². The molecule has 1 aliphatic heterocycles. The summed E-state index contributed by atoms with van der Waals surface area (Å²) in [4.78, 5) is 24.3. The van der Waals surface area contributed by atoms with Crippen molar-refractivity contribution in [2.24, 2.45) is 0 Å². The second-order valence-corrected chi connectivity index (χ2v) is 3.97. The standard InChI is InChI=1S/C11H9F3N2O3/c1-15-8(17)9(18)16(10(15)19)7-4-2-3-6(5-7)11(12,13)14/h2-5,9,18H,1H3. The number of alkyl halides is 3. The Kier molecular flexibility index (Phi) is 2.97. The zero-order valence-corrected chi connectivity index (χ0v) is 9.68. The number of nitrogens with zero attached hydrogens (tertiary/aromatic N) is 2. The molecule has 3 amide bonds. The lowest BCUT2D eigenvalue weighted by atomic mass is 10.2. The number of aliphatic hydroxyl groups excluding tert-OH is 1. The zero-order chi connectivity index (χ0) is 14.4. The Balaban J connectivity index is 2.43. The minimum Gasteiger partial charge on any atom is -0.365 e. The highest BCUT2D eigenvalue weighted by molar-refractivity contribution is 6.13. The van der Waals surface area contributed by atoms with Crippen LogP contribution in [0.5, 0.6) is 0 Å². The number of benzene rings is 1. The highest BCUT2D eigenvalue weighted by Crippen LogP contribution is 2.33. The minimum atomic E-state index is -4.57. The Morgan fingerprint density at radius 1 is 1.26 bits per heavy atom. The molecule has 1 atom stereocenters. The molecule has 1 aromatic carbocycles. The van der Waals surface area contributed by atoms with Crippen LogP contribution in [-0.2, 0) is 11.0 Å². The third kappa shape index (κ3) is 2.14. The number of imide groups is 1. The van der Waals surface area contributed by atoms with Gasteiger partial charge in [-0.2, -0.15) is 13.2 Å². The molecule has 1 saturated heterocycles. The van der Waals surface area contributed by atoms with Gasteiger partial charge in [0.2, 0.25) is 6.23 Å². The number of carbonyl (C=O) groups is 2. The molecule has 0 saturated carbocycles. The Labute approximate surface area is 105 Å². The molecule has 102 valence electrons. The van der Waals surface area contributed by atoms with E-state index in [0.717, 1.165) is 19.2 Å². The van der Waals surface area contributed by atoms with Gasteiger partial charge in [-0.3, -0.25) is 14.6 Å². The fourth-order valence-electron chi connectivity index (χ4n) is 1.73. The van der Waals surface area contributed by atoms with E-state index in [1.165, 1.54) is 6.07 Å². The van der Waals surface area contributed by atoms with Crippen LogP contribution in [0.2, 0.25) is 0 Å². The summed E-state index contributed by atoms with van der Waals surface area (Å²) >= 11 is 0. The van der Waals surface area contributed by atoms with Crippen LogP contribution in [0, 0.1) is 0 Å². The molecule has 8 heteroatoms. The molecule has 0 spiro atoms. The summed E-state index contributed by atoms with van der Waals surface area (Å²) in [6.07, 6.45) is -6.37. The molecule has 1 N–H and O–H groups in total. The van der Waals surface area contributed by atoms with E-state index in [2.05, 4.69) is 0 Å². The molecule has 0 bridgehead atoms. The van der Waals surface area contributed by atoms with Crippen LogP contribution in [0.3, 0.4) is 0 Å². The monoisotopic (exact) mass is 274 g/mol. The maximum atomic E-state index is 12.6. The highest BCUT2D eigenvalue weighted by Gasteiger charge is 2.43. The van der Waals surface area contributed by atoms with E-state index in [9.17, 15) is 27.9 Å². The SMILES string of the molecule is CN1C(=O)C(O)N(c2cccc(C(F)(F)F)c2)C1=O. The number of hydrogen-bond acceptors (Lipinski definition) is 3. The molecule has 19 heavy (non-hydrogen) atoms. The second kappa shape index (κ2) is 4.23. The van der Waals surface area contributed by atoms with Gasteiger partial charge in [-0.1, -0.05) is 6.07 Å². The largest absolute Gasteiger partial charge is 0.416 e. The van der Waals surface area contributed by atoms with E-state index < -0.39 is 29.9 Å². The number of anilines is 1. The van der Waals surface area contributed by atoms with E-state index in [0.29, 0.717) is 15.9 Å². The lowest BCUT2D eigenvalue weighted by Gasteiger charge is -2.19. The first-order chi connectivity index (χ1) is 8.73. The zero-order valence-electron chi connectivity index (χ0n) is 9.68. The van der Waals surface area contributed by atoms with Gasteiger partial charge in [0.05, 0.1) is 5.56 Å². The fraction of sp³-hybridized carbons (Fsp3) is 0.273. The maximum Gasteiger partial charge on any atom is 0.416 e. The van der Waals surface area contributed by atoms with Crippen molar-refractivity contribution in [1.29, 1.82) is 0 Å². The summed E-state index contributed by atoms with van der Waals surface area (Å²) in [7, 11) is 1.14. The smallest absolute Gasteiger partial charge is 0.365 e. The number of urea groups is 1. The van der Waals surface area contributed by atoms with Gasteiger partial charge in [-0.05, 0) is 18.2 Å². The summed E-state index contributed by atoms with van der Waals surface area (Å²) in [5.41, 5.74) is -1.16. The molecule has 0 radical (unpaired) electrons. The first kappa shape index (κ1) is 13.3. The molecule has 1 heterocycles. The highest BCUT2D eigenvalue weighted by atomic mass is 19.4. The van der Waals surface area contributed by atoms with Gasteiger partial charge in [0.15, 0.2) is 0 Å². The average Bonchev–Trinajstić information content (AvgIpc) is 2.53. The first-order valence-electron chi connectivity index (χ1n) is 5.19. The summed E-state index contributed by atoms with van der Waals surface area (Å²) < 4.78 is 37.7. The van der Waals surface area contributed by atoms with E-state index in [-0.39, 0.29) is 5.69 Å². The first-order valence-corrected chi connectivity index (χ1v) is 5.19. The number of amides is 3. The Morgan fingerprint density at radius 3 is 2.37 bits per heavy atom. The molecule has 1 aromatic rings. The van der Waals surface area contributed by atoms with Crippen molar-refractivity contribution in [1.82, 2.24) is 4.90 Å². The minimum absolute atomic E-state index is 0.190. The van der Waals surface area contributed by atoms with Crippen LogP contribution in [0.1, 0.15) is 5.56 Å². The van der Waals surface area contributed by atoms with Gasteiger partial charge >= 0.3 is 12.2 Å². The van der Waals surface area contributed by atoms with Crippen LogP contribution in [-0.4, -0.2) is 35.2 Å². The summed E-state index contributed by atoms with van der Waals surface area (Å²) in [6.45, 7) is 0. The molecule has 0 aliphatic carbocycles. The van der Waals surface area contributed by atoms with Crippen LogP contribution < -0.4 is 4.90 Å². The number of hydrogen-bond donors (Lipinski definition) is 1. The lowest BCUT2D eigenvalue weighted by Crippen LogP contribution is -2.34. The number of rotatable bonds is 1. The van der Waals surface area contributed by atoms with Gasteiger partial charge in [0.25, 0.3) is 5.91 Å². The third-order valence-corrected chi connectivity index (χ3v) is 2.74. The second-order valence-electron chi connectivity index (χ2n) is 3.97. The van der Waals surface area contributed by atoms with Crippen LogP contribution in [0.4, 0.5) is 23.7 Å². The van der Waals surface area contributed by atoms with E-state index >= 15 is 0 Å². The number of carbonyl (C=O) groups excluding carboxylic acids is 2. The van der Waals surface area contributed by atoms with Gasteiger partial charge in [-0.25, -0.2) is 4.79 Å². The molecule has 1 fully saturated rings. The van der Waals surface area contributed by atoms with Crippen molar-refractivity contribution in [2.75, 3.05) is 11.9 Å². The van der Waals surface area contributed by atoms with Crippen molar-refractivity contribution in [3.05, 3.63) is 29.8 Å². The Bertz CT molecular complexity index is 544. The van der Waals surface area contributed by atoms with E-state index in [4.69, 9.17) is 0 Å². The van der Waals surface area contributed by atoms with Gasteiger partial charge in [-0.15, -0.1) is 0 Å². The summed E-state index contributed by atoms with van der Waals surface area (Å²) in [6, 6.07) is 2.97. The summed E-state index contributed by atoms with van der Waals surface area (Å²) in [5.74, 6) is -0.887. The molecule has 1 aliphatic rings. The van der Waals surface area contributed by atoms with E-state index in [1.807, 2.05) is 0 Å². The number of aliphatic hydroxyl groups is 1. The lowest BCUT2D eigenvalue weighted by molar-refractivity contribution is -0.137. The predicted molar refractivity (Wildman–Crippen MR) is 58.1 cm³/mol. The van der Waals surface area contributed by atoms with Gasteiger partial charge in [0, 0.05) is 12.7 Å². The van der Waals surface area contributed by atoms with Crippen molar-refractivity contribution < 1.29 is 27.9 Å². The predicted octanol–water partition coefficient (Wildman–Crippen LogP) is 1.42. The molecular formula is C11H9F3N2O3. The van der Waals surface area contributed by atoms with Crippen molar-refractivity contribution >= 4 is 17.6 Å². The Hall–Kier alpha value is -2.09. The number of halogens is 3. The van der Waals surface area contributed by atoms with Crippen LogP contribution >= 0.6 is 0 Å². The Morgan fingerprint density at radius 2 is 1.89 bits per heavy atom. The molecule has 1 unspecified atom stereocenters. The normalized spacial score (nSPS) is 20.4. The third-order valence-electron chi connectivity index (χ3n) is 2.74. The maximum absolute atomic E-state index is 12.6.